The van der Waals surface area contributed by atoms with E-state index in [0.717, 1.165) is 34.4 Å². The van der Waals surface area contributed by atoms with Gasteiger partial charge in [0.05, 0.1) is 12.5 Å². The summed E-state index contributed by atoms with van der Waals surface area (Å²) in [7, 11) is 0. The molecule has 0 bridgehead atoms. The van der Waals surface area contributed by atoms with E-state index in [4.69, 9.17) is 9.47 Å². The number of aliphatic hydroxyl groups is 1. The number of benzene rings is 1. The van der Waals surface area contributed by atoms with Gasteiger partial charge in [-0.2, -0.15) is 0 Å². The lowest BCUT2D eigenvalue weighted by atomic mass is 9.90. The summed E-state index contributed by atoms with van der Waals surface area (Å²) < 4.78 is 11.5. The number of esters is 1. The van der Waals surface area contributed by atoms with Crippen LogP contribution in [0.15, 0.2) is 0 Å². The van der Waals surface area contributed by atoms with Crippen LogP contribution in [-0.4, -0.2) is 34.0 Å². The first-order chi connectivity index (χ1) is 11.2. The van der Waals surface area contributed by atoms with Gasteiger partial charge in [-0.25, -0.2) is 0 Å². The summed E-state index contributed by atoms with van der Waals surface area (Å²) in [5.41, 5.74) is 3.48. The molecule has 1 aromatic carbocycles. The number of phenolic OH excluding ortho intramolecular Hbond substituents is 1. The van der Waals surface area contributed by atoms with Crippen molar-refractivity contribution in [2.45, 2.75) is 77.6 Å². The first-order valence-electron chi connectivity index (χ1n) is 8.58. The molecule has 5 heteroatoms. The number of aromatic hydroxyl groups is 1. The first-order valence-corrected chi connectivity index (χ1v) is 8.58. The summed E-state index contributed by atoms with van der Waals surface area (Å²) in [6.07, 6.45) is 1.67. The van der Waals surface area contributed by atoms with Gasteiger partial charge in [0.25, 0.3) is 0 Å². The van der Waals surface area contributed by atoms with Crippen molar-refractivity contribution in [2.24, 2.45) is 0 Å². The summed E-state index contributed by atoms with van der Waals surface area (Å²) in [6.45, 7) is 7.91. The van der Waals surface area contributed by atoms with Crippen LogP contribution in [0.4, 0.5) is 0 Å². The van der Waals surface area contributed by atoms with Crippen molar-refractivity contribution < 1.29 is 24.5 Å². The van der Waals surface area contributed by atoms with Gasteiger partial charge in [-0.3, -0.25) is 4.79 Å². The van der Waals surface area contributed by atoms with Crippen molar-refractivity contribution in [2.75, 3.05) is 0 Å². The molecule has 0 saturated carbocycles. The van der Waals surface area contributed by atoms with Crippen molar-refractivity contribution in [3.8, 4) is 11.5 Å². The molecule has 1 aromatic rings. The third-order valence-electron chi connectivity index (χ3n) is 5.10. The van der Waals surface area contributed by atoms with Crippen LogP contribution < -0.4 is 4.74 Å². The predicted octanol–water partition coefficient (Wildman–Crippen LogP) is 2.72. The third-order valence-corrected chi connectivity index (χ3v) is 5.10. The Morgan fingerprint density at radius 1 is 1.25 bits per heavy atom. The predicted molar refractivity (Wildman–Crippen MR) is 89.4 cm³/mol. The second kappa shape index (κ2) is 5.96. The highest BCUT2D eigenvalue weighted by atomic mass is 16.5. The Hall–Kier alpha value is -1.75. The summed E-state index contributed by atoms with van der Waals surface area (Å²) in [5, 5.41) is 20.2. The van der Waals surface area contributed by atoms with Crippen LogP contribution in [0.3, 0.4) is 0 Å². The fraction of sp³-hybridized carbons (Fsp3) is 0.632. The Balaban J connectivity index is 1.85. The van der Waals surface area contributed by atoms with Crippen LogP contribution in [0, 0.1) is 13.8 Å². The Labute approximate surface area is 142 Å². The molecule has 1 saturated heterocycles. The molecule has 2 aliphatic rings. The van der Waals surface area contributed by atoms with Crippen molar-refractivity contribution in [3.05, 3.63) is 22.3 Å². The Morgan fingerprint density at radius 3 is 2.62 bits per heavy atom. The highest BCUT2D eigenvalue weighted by Crippen LogP contribution is 2.45. The maximum Gasteiger partial charge on any atom is 0.308 e. The smallest absolute Gasteiger partial charge is 0.308 e. The molecule has 5 nitrogen and oxygen atoms in total. The van der Waals surface area contributed by atoms with E-state index in [0.29, 0.717) is 25.0 Å². The lowest BCUT2D eigenvalue weighted by molar-refractivity contribution is -0.160. The highest BCUT2D eigenvalue weighted by Gasteiger charge is 2.36. The molecule has 24 heavy (non-hydrogen) atoms. The minimum absolute atomic E-state index is 0.0769. The lowest BCUT2D eigenvalue weighted by Crippen LogP contribution is -2.32. The minimum atomic E-state index is -0.621. The molecular formula is C19H26O5. The van der Waals surface area contributed by atoms with Gasteiger partial charge >= 0.3 is 5.97 Å². The number of fused-ring (bicyclic) bond motifs is 1. The maximum absolute atomic E-state index is 11.5. The van der Waals surface area contributed by atoms with Crippen molar-refractivity contribution in [1.82, 2.24) is 0 Å². The molecule has 0 radical (unpaired) electrons. The summed E-state index contributed by atoms with van der Waals surface area (Å²) in [6, 6.07) is 0. The molecule has 3 rings (SSSR count). The van der Waals surface area contributed by atoms with Crippen LogP contribution in [0.25, 0.3) is 0 Å². The standard InChI is InChI=1S/C19H26O5/c1-10-14(6-5-13-7-12(20)8-16(21)23-13)18-15(11(2)17(10)22)9-19(3,4)24-18/h12-13,20,22H,5-9H2,1-4H3/t12-,13-/m1/s1. The average molecular weight is 334 g/mol. The van der Waals surface area contributed by atoms with Crippen LogP contribution >= 0.6 is 0 Å². The fourth-order valence-electron chi connectivity index (χ4n) is 3.81. The molecule has 2 heterocycles. The number of ether oxygens (including phenoxy) is 2. The van der Waals surface area contributed by atoms with E-state index in [1.165, 1.54) is 0 Å². The molecule has 2 N–H and O–H groups in total. The number of hydrogen-bond donors (Lipinski definition) is 2. The molecule has 0 unspecified atom stereocenters. The van der Waals surface area contributed by atoms with Crippen LogP contribution in [0.1, 0.15) is 55.4 Å². The highest BCUT2D eigenvalue weighted by molar-refractivity contribution is 5.71. The maximum atomic E-state index is 11.5. The number of carbonyl (C=O) groups excluding carboxylic acids is 1. The molecule has 0 spiro atoms. The Bertz CT molecular complexity index is 677. The molecular weight excluding hydrogens is 308 g/mol. The quantitative estimate of drug-likeness (QED) is 0.831. The zero-order chi connectivity index (χ0) is 17.6. The Morgan fingerprint density at radius 2 is 1.96 bits per heavy atom. The number of hydrogen-bond acceptors (Lipinski definition) is 5. The summed E-state index contributed by atoms with van der Waals surface area (Å²) in [4.78, 5) is 11.5. The van der Waals surface area contributed by atoms with Crippen LogP contribution in [0.2, 0.25) is 0 Å². The minimum Gasteiger partial charge on any atom is -0.507 e. The van der Waals surface area contributed by atoms with E-state index < -0.39 is 6.10 Å². The number of cyclic esters (lactones) is 1. The molecule has 0 amide bonds. The lowest BCUT2D eigenvalue weighted by Gasteiger charge is -2.26. The number of carbonyl (C=O) groups is 1. The molecule has 1 fully saturated rings. The van der Waals surface area contributed by atoms with Crippen LogP contribution in [-0.2, 0) is 22.4 Å². The van der Waals surface area contributed by atoms with Gasteiger partial charge in [0, 0.05) is 24.0 Å². The number of rotatable bonds is 3. The van der Waals surface area contributed by atoms with Crippen molar-refractivity contribution in [3.63, 3.8) is 0 Å². The molecule has 0 aliphatic carbocycles. The SMILES string of the molecule is Cc1c(O)c(C)c2c(c1CC[C@@H]1C[C@@H](O)CC(=O)O1)OC(C)(C)C2. The van der Waals surface area contributed by atoms with Gasteiger partial charge < -0.3 is 19.7 Å². The largest absolute Gasteiger partial charge is 0.507 e. The number of phenols is 1. The van der Waals surface area contributed by atoms with Gasteiger partial charge in [-0.05, 0) is 51.7 Å². The van der Waals surface area contributed by atoms with Gasteiger partial charge in [-0.15, -0.1) is 0 Å². The van der Waals surface area contributed by atoms with E-state index >= 15 is 0 Å². The van der Waals surface area contributed by atoms with E-state index in [1.54, 1.807) is 0 Å². The van der Waals surface area contributed by atoms with Gasteiger partial charge in [0.1, 0.15) is 23.2 Å². The van der Waals surface area contributed by atoms with Gasteiger partial charge in [0.2, 0.25) is 0 Å². The van der Waals surface area contributed by atoms with Crippen molar-refractivity contribution >= 4 is 5.97 Å². The first kappa shape index (κ1) is 17.1. The molecule has 2 atom stereocenters. The summed E-state index contributed by atoms with van der Waals surface area (Å²) >= 11 is 0. The fourth-order valence-corrected chi connectivity index (χ4v) is 3.81. The normalized spacial score (nSPS) is 25.1. The van der Waals surface area contributed by atoms with Gasteiger partial charge in [-0.1, -0.05) is 0 Å². The summed E-state index contributed by atoms with van der Waals surface area (Å²) in [5.74, 6) is 0.853. The van der Waals surface area contributed by atoms with E-state index in [1.807, 2.05) is 27.7 Å². The monoisotopic (exact) mass is 334 g/mol. The second-order valence-electron chi connectivity index (χ2n) is 7.67. The van der Waals surface area contributed by atoms with E-state index in [2.05, 4.69) is 0 Å². The van der Waals surface area contributed by atoms with E-state index in [-0.39, 0.29) is 24.1 Å². The second-order valence-corrected chi connectivity index (χ2v) is 7.67. The molecule has 2 aliphatic heterocycles. The van der Waals surface area contributed by atoms with E-state index in [9.17, 15) is 15.0 Å². The third kappa shape index (κ3) is 3.09. The zero-order valence-corrected chi connectivity index (χ0v) is 14.8. The topological polar surface area (TPSA) is 76.0 Å². The molecule has 0 aromatic heterocycles. The average Bonchev–Trinajstić information content (AvgIpc) is 2.79. The van der Waals surface area contributed by atoms with Crippen molar-refractivity contribution in [1.29, 1.82) is 0 Å². The Kier molecular flexibility index (Phi) is 4.24. The molecule has 132 valence electrons. The number of aliphatic hydroxyl groups excluding tert-OH is 1. The van der Waals surface area contributed by atoms with Crippen LogP contribution in [0.5, 0.6) is 11.5 Å². The zero-order valence-electron chi connectivity index (χ0n) is 14.8. The van der Waals surface area contributed by atoms with Gasteiger partial charge in [0.15, 0.2) is 0 Å².